The summed E-state index contributed by atoms with van der Waals surface area (Å²) in [5.41, 5.74) is 2.12. The molecule has 2 aromatic heterocycles. The molecule has 0 bridgehead atoms. The zero-order valence-electron chi connectivity index (χ0n) is 9.06. The number of amides is 1. The van der Waals surface area contributed by atoms with Crippen LogP contribution in [0.1, 0.15) is 18.1 Å². The molecule has 0 atom stereocenters. The normalized spacial score (nSPS) is 10.6. The van der Waals surface area contributed by atoms with E-state index in [-0.39, 0.29) is 11.8 Å². The van der Waals surface area contributed by atoms with Crippen LogP contribution in [0, 0.1) is 6.92 Å². The molecule has 2 aromatic rings. The minimum absolute atomic E-state index is 0.0637. The predicted molar refractivity (Wildman–Crippen MR) is 56.9 cm³/mol. The van der Waals surface area contributed by atoms with Gasteiger partial charge in [0, 0.05) is 19.0 Å². The number of aryl methyl sites for hydroxylation is 1. The molecule has 2 rings (SSSR count). The number of nitrogens with one attached hydrogen (secondary N) is 1. The van der Waals surface area contributed by atoms with E-state index in [1.54, 1.807) is 0 Å². The average Bonchev–Trinajstić information content (AvgIpc) is 2.64. The number of aromatic hydroxyl groups is 1. The summed E-state index contributed by atoms with van der Waals surface area (Å²) >= 11 is 0. The third-order valence-corrected chi connectivity index (χ3v) is 2.41. The lowest BCUT2D eigenvalue weighted by Crippen LogP contribution is -2.20. The number of rotatable bonds is 2. The van der Waals surface area contributed by atoms with E-state index in [0.717, 1.165) is 5.56 Å². The monoisotopic (exact) mass is 220 g/mol. The molecule has 0 aliphatic heterocycles. The fourth-order valence-corrected chi connectivity index (χ4v) is 1.54. The highest BCUT2D eigenvalue weighted by Gasteiger charge is 2.11. The SMILES string of the molecule is CC(=O)NCc1c(C)cc2nncn2c1O. The average molecular weight is 220 g/mol. The summed E-state index contributed by atoms with van der Waals surface area (Å²) in [4.78, 5) is 10.8. The van der Waals surface area contributed by atoms with Gasteiger partial charge in [0.1, 0.15) is 6.33 Å². The van der Waals surface area contributed by atoms with E-state index in [0.29, 0.717) is 17.8 Å². The molecule has 0 unspecified atom stereocenters. The van der Waals surface area contributed by atoms with Crippen LogP contribution < -0.4 is 5.32 Å². The van der Waals surface area contributed by atoms with Gasteiger partial charge in [-0.2, -0.15) is 0 Å². The molecule has 16 heavy (non-hydrogen) atoms. The van der Waals surface area contributed by atoms with E-state index in [1.807, 2.05) is 13.0 Å². The summed E-state index contributed by atoms with van der Waals surface area (Å²) < 4.78 is 1.48. The molecular formula is C10H12N4O2. The number of carbonyl (C=O) groups excluding carboxylic acids is 1. The molecule has 84 valence electrons. The van der Waals surface area contributed by atoms with Gasteiger partial charge in [0.05, 0.1) is 0 Å². The first kappa shape index (κ1) is 10.4. The van der Waals surface area contributed by atoms with E-state index in [2.05, 4.69) is 15.5 Å². The van der Waals surface area contributed by atoms with Gasteiger partial charge in [0.25, 0.3) is 0 Å². The van der Waals surface area contributed by atoms with Crippen molar-refractivity contribution in [3.63, 3.8) is 0 Å². The lowest BCUT2D eigenvalue weighted by Gasteiger charge is -2.10. The third-order valence-electron chi connectivity index (χ3n) is 2.41. The lowest BCUT2D eigenvalue weighted by atomic mass is 10.1. The van der Waals surface area contributed by atoms with E-state index in [9.17, 15) is 9.90 Å². The van der Waals surface area contributed by atoms with E-state index >= 15 is 0 Å². The van der Waals surface area contributed by atoms with Crippen LogP contribution in [0.3, 0.4) is 0 Å². The topological polar surface area (TPSA) is 79.5 Å². The first-order valence-electron chi connectivity index (χ1n) is 4.85. The molecule has 0 aromatic carbocycles. The zero-order valence-corrected chi connectivity index (χ0v) is 9.06. The molecule has 0 fully saturated rings. The van der Waals surface area contributed by atoms with E-state index in [4.69, 9.17) is 0 Å². The molecule has 2 heterocycles. The van der Waals surface area contributed by atoms with Crippen LogP contribution in [-0.2, 0) is 11.3 Å². The van der Waals surface area contributed by atoms with E-state index < -0.39 is 0 Å². The second-order valence-electron chi connectivity index (χ2n) is 3.60. The summed E-state index contributed by atoms with van der Waals surface area (Å²) in [5.74, 6) is -0.0728. The second kappa shape index (κ2) is 3.80. The number of fused-ring (bicyclic) bond motifs is 1. The minimum atomic E-state index is -0.136. The van der Waals surface area contributed by atoms with Gasteiger partial charge in [-0.05, 0) is 18.6 Å². The molecule has 0 spiro atoms. The molecule has 0 radical (unpaired) electrons. The Balaban J connectivity index is 2.46. The molecule has 6 heteroatoms. The number of aromatic nitrogens is 3. The van der Waals surface area contributed by atoms with Crippen LogP contribution in [0.15, 0.2) is 12.4 Å². The van der Waals surface area contributed by atoms with Gasteiger partial charge in [-0.15, -0.1) is 10.2 Å². The van der Waals surface area contributed by atoms with Crippen molar-refractivity contribution in [1.82, 2.24) is 19.9 Å². The summed E-state index contributed by atoms with van der Waals surface area (Å²) in [6.45, 7) is 3.58. The van der Waals surface area contributed by atoms with Crippen molar-refractivity contribution in [2.45, 2.75) is 20.4 Å². The summed E-state index contributed by atoms with van der Waals surface area (Å²) in [5, 5.41) is 20.2. The van der Waals surface area contributed by atoms with Crippen LogP contribution in [0.25, 0.3) is 5.65 Å². The highest BCUT2D eigenvalue weighted by molar-refractivity contribution is 5.73. The fraction of sp³-hybridized carbons (Fsp3) is 0.300. The van der Waals surface area contributed by atoms with Gasteiger partial charge in [0.15, 0.2) is 5.65 Å². The van der Waals surface area contributed by atoms with Gasteiger partial charge >= 0.3 is 0 Å². The van der Waals surface area contributed by atoms with E-state index in [1.165, 1.54) is 17.7 Å². The smallest absolute Gasteiger partial charge is 0.217 e. The highest BCUT2D eigenvalue weighted by atomic mass is 16.3. The Morgan fingerprint density at radius 1 is 1.62 bits per heavy atom. The molecular weight excluding hydrogens is 208 g/mol. The lowest BCUT2D eigenvalue weighted by molar-refractivity contribution is -0.119. The maximum Gasteiger partial charge on any atom is 0.217 e. The van der Waals surface area contributed by atoms with Gasteiger partial charge in [0.2, 0.25) is 11.8 Å². The molecule has 0 aliphatic rings. The number of carbonyl (C=O) groups is 1. The molecule has 0 saturated carbocycles. The Hall–Kier alpha value is -2.11. The van der Waals surface area contributed by atoms with Crippen LogP contribution in [-0.4, -0.2) is 25.6 Å². The first-order chi connectivity index (χ1) is 7.59. The summed E-state index contributed by atoms with van der Waals surface area (Å²) in [7, 11) is 0. The third kappa shape index (κ3) is 1.69. The van der Waals surface area contributed by atoms with Gasteiger partial charge in [-0.3, -0.25) is 9.20 Å². The first-order valence-corrected chi connectivity index (χ1v) is 4.85. The zero-order chi connectivity index (χ0) is 11.7. The maximum absolute atomic E-state index is 10.8. The van der Waals surface area contributed by atoms with Gasteiger partial charge < -0.3 is 10.4 Å². The number of hydrogen-bond acceptors (Lipinski definition) is 4. The van der Waals surface area contributed by atoms with Crippen LogP contribution >= 0.6 is 0 Å². The molecule has 1 amide bonds. The Morgan fingerprint density at radius 2 is 2.38 bits per heavy atom. The van der Waals surface area contributed by atoms with Gasteiger partial charge in [-0.25, -0.2) is 0 Å². The molecule has 0 saturated heterocycles. The summed E-state index contributed by atoms with van der Waals surface area (Å²) in [6, 6.07) is 1.81. The maximum atomic E-state index is 10.8. The summed E-state index contributed by atoms with van der Waals surface area (Å²) in [6.07, 6.45) is 1.43. The molecule has 2 N–H and O–H groups in total. The second-order valence-corrected chi connectivity index (χ2v) is 3.60. The quantitative estimate of drug-likeness (QED) is 0.766. The van der Waals surface area contributed by atoms with Crippen molar-refractivity contribution in [3.05, 3.63) is 23.5 Å². The van der Waals surface area contributed by atoms with Gasteiger partial charge in [-0.1, -0.05) is 0 Å². The standard InChI is InChI=1S/C10H12N4O2/c1-6-3-9-13-12-5-14(9)10(16)8(6)4-11-7(2)15/h3,5,16H,4H2,1-2H3,(H,11,15). The van der Waals surface area contributed by atoms with Crippen molar-refractivity contribution in [2.75, 3.05) is 0 Å². The Morgan fingerprint density at radius 3 is 3.06 bits per heavy atom. The van der Waals surface area contributed by atoms with Crippen molar-refractivity contribution < 1.29 is 9.90 Å². The number of hydrogen-bond donors (Lipinski definition) is 2. The molecule has 0 aliphatic carbocycles. The highest BCUT2D eigenvalue weighted by Crippen LogP contribution is 2.22. The van der Waals surface area contributed by atoms with Crippen LogP contribution in [0.4, 0.5) is 0 Å². The van der Waals surface area contributed by atoms with Crippen molar-refractivity contribution >= 4 is 11.6 Å². The number of pyridine rings is 1. The largest absolute Gasteiger partial charge is 0.494 e. The number of nitrogens with zero attached hydrogens (tertiary/aromatic N) is 3. The van der Waals surface area contributed by atoms with Crippen molar-refractivity contribution in [3.8, 4) is 5.88 Å². The Bertz CT molecular complexity index is 547. The van der Waals surface area contributed by atoms with Crippen LogP contribution in [0.5, 0.6) is 5.88 Å². The minimum Gasteiger partial charge on any atom is -0.494 e. The van der Waals surface area contributed by atoms with Crippen molar-refractivity contribution in [1.29, 1.82) is 0 Å². The predicted octanol–water partition coefficient (Wildman–Crippen LogP) is 0.379. The van der Waals surface area contributed by atoms with Crippen molar-refractivity contribution in [2.24, 2.45) is 0 Å². The fourth-order valence-electron chi connectivity index (χ4n) is 1.54. The Labute approximate surface area is 91.9 Å². The van der Waals surface area contributed by atoms with Crippen LogP contribution in [0.2, 0.25) is 0 Å². The molecule has 6 nitrogen and oxygen atoms in total. The Kier molecular flexibility index (Phi) is 2.47.